The Balaban J connectivity index is 1.56. The average molecular weight is 462 g/mol. The molecule has 0 aromatic carbocycles. The fourth-order valence-corrected chi connectivity index (χ4v) is 3.20. The number of anilines is 1. The standard InChI is InChI=1S/C24H23FN6O3/c1-33-13-14-34-12-11-31-16-22(23(30-31)20-5-2-3-9-27-20)29-24(32)21-7-4-6-19(28-21)17-8-10-26-15-18(17)25/h2-10,15-16H,11-14H2,1H3,(H,29,32). The molecule has 0 aliphatic rings. The molecule has 10 heteroatoms. The van der Waals surface area contributed by atoms with Gasteiger partial charge in [-0.25, -0.2) is 9.37 Å². The summed E-state index contributed by atoms with van der Waals surface area (Å²) in [6.07, 6.45) is 5.95. The average Bonchev–Trinajstić information content (AvgIpc) is 3.27. The van der Waals surface area contributed by atoms with E-state index in [2.05, 4.69) is 25.4 Å². The van der Waals surface area contributed by atoms with Gasteiger partial charge in [0.05, 0.1) is 49.6 Å². The lowest BCUT2D eigenvalue weighted by molar-refractivity contribution is 0.0654. The molecule has 0 fully saturated rings. The van der Waals surface area contributed by atoms with Crippen LogP contribution in [0.2, 0.25) is 0 Å². The number of carbonyl (C=O) groups is 1. The molecule has 0 aliphatic carbocycles. The molecule has 0 saturated heterocycles. The molecular weight excluding hydrogens is 439 g/mol. The Morgan fingerprint density at radius 1 is 1.06 bits per heavy atom. The van der Waals surface area contributed by atoms with Gasteiger partial charge in [0, 0.05) is 31.3 Å². The highest BCUT2D eigenvalue weighted by atomic mass is 19.1. The van der Waals surface area contributed by atoms with Crippen LogP contribution < -0.4 is 5.32 Å². The van der Waals surface area contributed by atoms with Crippen molar-refractivity contribution in [1.29, 1.82) is 0 Å². The molecule has 4 heterocycles. The van der Waals surface area contributed by atoms with Crippen LogP contribution in [0.1, 0.15) is 10.5 Å². The first-order valence-electron chi connectivity index (χ1n) is 10.6. The summed E-state index contributed by atoms with van der Waals surface area (Å²) in [7, 11) is 1.61. The number of halogens is 1. The first-order chi connectivity index (χ1) is 16.7. The van der Waals surface area contributed by atoms with Crippen molar-refractivity contribution < 1.29 is 18.7 Å². The van der Waals surface area contributed by atoms with Crippen molar-refractivity contribution in [3.05, 3.63) is 78.8 Å². The van der Waals surface area contributed by atoms with Crippen LogP contribution in [0.4, 0.5) is 10.1 Å². The van der Waals surface area contributed by atoms with Crippen molar-refractivity contribution in [3.63, 3.8) is 0 Å². The zero-order valence-electron chi connectivity index (χ0n) is 18.5. The van der Waals surface area contributed by atoms with E-state index in [1.165, 1.54) is 12.3 Å². The van der Waals surface area contributed by atoms with Crippen molar-refractivity contribution >= 4 is 11.6 Å². The minimum atomic E-state index is -0.515. The number of methoxy groups -OCH3 is 1. The van der Waals surface area contributed by atoms with E-state index in [4.69, 9.17) is 9.47 Å². The largest absolute Gasteiger partial charge is 0.382 e. The molecule has 34 heavy (non-hydrogen) atoms. The normalized spacial score (nSPS) is 10.9. The van der Waals surface area contributed by atoms with Crippen molar-refractivity contribution in [1.82, 2.24) is 24.7 Å². The Kier molecular flexibility index (Phi) is 7.63. The fourth-order valence-electron chi connectivity index (χ4n) is 3.20. The lowest BCUT2D eigenvalue weighted by Crippen LogP contribution is -2.14. The van der Waals surface area contributed by atoms with Crippen LogP contribution in [0.5, 0.6) is 0 Å². The lowest BCUT2D eigenvalue weighted by atomic mass is 10.1. The second-order valence-corrected chi connectivity index (χ2v) is 7.19. The van der Waals surface area contributed by atoms with Gasteiger partial charge < -0.3 is 14.8 Å². The van der Waals surface area contributed by atoms with Crippen LogP contribution in [0.3, 0.4) is 0 Å². The SMILES string of the molecule is COCCOCCn1cc(NC(=O)c2cccc(-c3ccncc3F)n2)c(-c2ccccn2)n1. The second-order valence-electron chi connectivity index (χ2n) is 7.19. The second kappa shape index (κ2) is 11.2. The number of hydrogen-bond acceptors (Lipinski definition) is 7. The Bertz CT molecular complexity index is 1250. The highest BCUT2D eigenvalue weighted by molar-refractivity contribution is 6.04. The van der Waals surface area contributed by atoms with Gasteiger partial charge in [0.15, 0.2) is 5.82 Å². The number of aromatic nitrogens is 5. The zero-order valence-corrected chi connectivity index (χ0v) is 18.5. The van der Waals surface area contributed by atoms with Gasteiger partial charge in [0.25, 0.3) is 5.91 Å². The third-order valence-corrected chi connectivity index (χ3v) is 4.84. The number of pyridine rings is 3. The first-order valence-corrected chi connectivity index (χ1v) is 10.6. The molecule has 0 aliphatic heterocycles. The highest BCUT2D eigenvalue weighted by Gasteiger charge is 2.17. The van der Waals surface area contributed by atoms with Crippen LogP contribution in [-0.4, -0.2) is 57.6 Å². The summed E-state index contributed by atoms with van der Waals surface area (Å²) in [4.78, 5) is 25.5. The van der Waals surface area contributed by atoms with Crippen LogP contribution in [0.25, 0.3) is 22.6 Å². The topological polar surface area (TPSA) is 104 Å². The van der Waals surface area contributed by atoms with Gasteiger partial charge in [0.2, 0.25) is 0 Å². The lowest BCUT2D eigenvalue weighted by Gasteiger charge is -2.07. The van der Waals surface area contributed by atoms with Gasteiger partial charge in [-0.3, -0.25) is 19.4 Å². The van der Waals surface area contributed by atoms with E-state index in [1.807, 2.05) is 12.1 Å². The highest BCUT2D eigenvalue weighted by Crippen LogP contribution is 2.26. The van der Waals surface area contributed by atoms with Crippen LogP contribution >= 0.6 is 0 Å². The Morgan fingerprint density at radius 3 is 2.74 bits per heavy atom. The molecule has 4 aromatic heterocycles. The van der Waals surface area contributed by atoms with Crippen molar-refractivity contribution in [2.75, 3.05) is 32.2 Å². The summed E-state index contributed by atoms with van der Waals surface area (Å²) in [5, 5.41) is 7.43. The number of ether oxygens (including phenoxy) is 2. The van der Waals surface area contributed by atoms with E-state index < -0.39 is 11.7 Å². The molecule has 0 unspecified atom stereocenters. The maximum absolute atomic E-state index is 14.1. The van der Waals surface area contributed by atoms with Crippen molar-refractivity contribution in [2.45, 2.75) is 6.54 Å². The molecular formula is C24H23FN6O3. The molecule has 4 aromatic rings. The summed E-state index contributed by atoms with van der Waals surface area (Å²) >= 11 is 0. The van der Waals surface area contributed by atoms with Gasteiger partial charge in [-0.2, -0.15) is 5.10 Å². The fraction of sp³-hybridized carbons (Fsp3) is 0.208. The van der Waals surface area contributed by atoms with Crippen molar-refractivity contribution in [2.24, 2.45) is 0 Å². The molecule has 1 N–H and O–H groups in total. The van der Waals surface area contributed by atoms with E-state index in [9.17, 15) is 9.18 Å². The predicted molar refractivity (Wildman–Crippen MR) is 124 cm³/mol. The van der Waals surface area contributed by atoms with Gasteiger partial charge in [-0.15, -0.1) is 0 Å². The van der Waals surface area contributed by atoms with E-state index in [1.54, 1.807) is 48.5 Å². The summed E-state index contributed by atoms with van der Waals surface area (Å²) < 4.78 is 26.3. The number of hydrogen-bond donors (Lipinski definition) is 1. The van der Waals surface area contributed by atoms with Gasteiger partial charge in [0.1, 0.15) is 11.4 Å². The smallest absolute Gasteiger partial charge is 0.274 e. The van der Waals surface area contributed by atoms with Crippen LogP contribution in [0, 0.1) is 5.82 Å². The molecule has 1 amide bonds. The minimum Gasteiger partial charge on any atom is -0.382 e. The number of amides is 1. The zero-order chi connectivity index (χ0) is 23.8. The van der Waals surface area contributed by atoms with E-state index >= 15 is 0 Å². The van der Waals surface area contributed by atoms with Gasteiger partial charge >= 0.3 is 0 Å². The van der Waals surface area contributed by atoms with Gasteiger partial charge in [-0.05, 0) is 30.3 Å². The summed E-state index contributed by atoms with van der Waals surface area (Å²) in [5.74, 6) is -0.969. The van der Waals surface area contributed by atoms with Crippen LogP contribution in [-0.2, 0) is 16.0 Å². The van der Waals surface area contributed by atoms with Crippen molar-refractivity contribution in [3.8, 4) is 22.6 Å². The summed E-state index contributed by atoms with van der Waals surface area (Å²) in [6, 6.07) is 11.8. The van der Waals surface area contributed by atoms with Crippen LogP contribution in [0.15, 0.2) is 67.3 Å². The summed E-state index contributed by atoms with van der Waals surface area (Å²) in [6.45, 7) is 1.90. The molecule has 0 radical (unpaired) electrons. The molecule has 0 spiro atoms. The Morgan fingerprint density at radius 2 is 1.94 bits per heavy atom. The molecule has 0 saturated carbocycles. The molecule has 174 valence electrons. The molecule has 9 nitrogen and oxygen atoms in total. The van der Waals surface area contributed by atoms with E-state index in [-0.39, 0.29) is 11.3 Å². The van der Waals surface area contributed by atoms with E-state index in [0.29, 0.717) is 49.1 Å². The number of nitrogens with one attached hydrogen (secondary N) is 1. The summed E-state index contributed by atoms with van der Waals surface area (Å²) in [5.41, 5.74) is 2.33. The minimum absolute atomic E-state index is 0.135. The predicted octanol–water partition coefficient (Wildman–Crippen LogP) is 3.46. The number of carbonyl (C=O) groups excluding carboxylic acids is 1. The van der Waals surface area contributed by atoms with Gasteiger partial charge in [-0.1, -0.05) is 12.1 Å². The quantitative estimate of drug-likeness (QED) is 0.360. The number of nitrogens with zero attached hydrogens (tertiary/aromatic N) is 5. The monoisotopic (exact) mass is 462 g/mol. The Hall–Kier alpha value is -4.02. The molecule has 0 atom stereocenters. The molecule has 0 bridgehead atoms. The third-order valence-electron chi connectivity index (χ3n) is 4.84. The first kappa shape index (κ1) is 23.1. The van der Waals surface area contributed by atoms with E-state index in [0.717, 1.165) is 6.20 Å². The Labute approximate surface area is 195 Å². The third kappa shape index (κ3) is 5.66. The molecule has 4 rings (SSSR count). The maximum Gasteiger partial charge on any atom is 0.274 e. The maximum atomic E-state index is 14.1. The number of rotatable bonds is 10.